The van der Waals surface area contributed by atoms with Crippen LogP contribution in [0.5, 0.6) is 5.75 Å². The molecule has 0 saturated carbocycles. The number of fused-ring (bicyclic) bond motifs is 3. The standard InChI is InChI=1S/C15H11FO/c1-17-11-6-7-13-12-5-3-2-4-10(12)8-15(16)14(13)9-11/h2-9H,1H3. The predicted molar refractivity (Wildman–Crippen MR) is 68.0 cm³/mol. The molecule has 3 aromatic carbocycles. The molecule has 0 aliphatic heterocycles. The summed E-state index contributed by atoms with van der Waals surface area (Å²) in [4.78, 5) is 0. The van der Waals surface area contributed by atoms with Crippen LogP contribution in [0.2, 0.25) is 0 Å². The van der Waals surface area contributed by atoms with E-state index in [4.69, 9.17) is 4.74 Å². The number of ether oxygens (including phenoxy) is 1. The van der Waals surface area contributed by atoms with E-state index >= 15 is 0 Å². The molecular weight excluding hydrogens is 215 g/mol. The third kappa shape index (κ3) is 1.53. The normalized spacial score (nSPS) is 10.9. The van der Waals surface area contributed by atoms with Gasteiger partial charge in [0.2, 0.25) is 0 Å². The largest absolute Gasteiger partial charge is 0.497 e. The summed E-state index contributed by atoms with van der Waals surface area (Å²) in [7, 11) is 1.58. The van der Waals surface area contributed by atoms with Gasteiger partial charge in [0.05, 0.1) is 7.11 Å². The van der Waals surface area contributed by atoms with Gasteiger partial charge >= 0.3 is 0 Å². The van der Waals surface area contributed by atoms with Gasteiger partial charge in [-0.05, 0) is 40.4 Å². The fourth-order valence-corrected chi connectivity index (χ4v) is 2.17. The van der Waals surface area contributed by atoms with Gasteiger partial charge < -0.3 is 4.74 Å². The van der Waals surface area contributed by atoms with Crippen LogP contribution in [0.15, 0.2) is 48.5 Å². The number of methoxy groups -OCH3 is 1. The van der Waals surface area contributed by atoms with E-state index < -0.39 is 0 Å². The molecule has 0 spiro atoms. The Balaban J connectivity index is 2.49. The molecule has 1 nitrogen and oxygen atoms in total. The zero-order valence-corrected chi connectivity index (χ0v) is 9.41. The molecule has 0 fully saturated rings. The highest BCUT2D eigenvalue weighted by Gasteiger charge is 2.06. The molecule has 0 aliphatic carbocycles. The summed E-state index contributed by atoms with van der Waals surface area (Å²) >= 11 is 0. The molecule has 0 unspecified atom stereocenters. The number of hydrogen-bond donors (Lipinski definition) is 0. The van der Waals surface area contributed by atoms with Crippen molar-refractivity contribution < 1.29 is 9.13 Å². The van der Waals surface area contributed by atoms with Gasteiger partial charge in [-0.15, -0.1) is 0 Å². The molecule has 0 heterocycles. The van der Waals surface area contributed by atoms with Crippen LogP contribution >= 0.6 is 0 Å². The number of benzene rings is 3. The highest BCUT2D eigenvalue weighted by atomic mass is 19.1. The molecule has 0 aliphatic rings. The zero-order valence-electron chi connectivity index (χ0n) is 9.41. The van der Waals surface area contributed by atoms with E-state index in [0.29, 0.717) is 11.1 Å². The van der Waals surface area contributed by atoms with Crippen molar-refractivity contribution >= 4 is 21.5 Å². The summed E-state index contributed by atoms with van der Waals surface area (Å²) in [5.74, 6) is 0.462. The molecule has 0 atom stereocenters. The molecule has 0 bridgehead atoms. The minimum absolute atomic E-state index is 0.211. The zero-order chi connectivity index (χ0) is 11.8. The van der Waals surface area contributed by atoms with Gasteiger partial charge in [-0.2, -0.15) is 0 Å². The van der Waals surface area contributed by atoms with Gasteiger partial charge in [0.25, 0.3) is 0 Å². The van der Waals surface area contributed by atoms with Crippen molar-refractivity contribution in [2.24, 2.45) is 0 Å². The number of rotatable bonds is 1. The average Bonchev–Trinajstić information content (AvgIpc) is 2.38. The van der Waals surface area contributed by atoms with Gasteiger partial charge in [0, 0.05) is 5.39 Å². The molecule has 0 N–H and O–H groups in total. The van der Waals surface area contributed by atoms with Crippen molar-refractivity contribution in [1.29, 1.82) is 0 Å². The monoisotopic (exact) mass is 226 g/mol. The van der Waals surface area contributed by atoms with Gasteiger partial charge in [-0.25, -0.2) is 4.39 Å². The first-order valence-electron chi connectivity index (χ1n) is 5.44. The van der Waals surface area contributed by atoms with E-state index in [1.54, 1.807) is 19.2 Å². The topological polar surface area (TPSA) is 9.23 Å². The van der Waals surface area contributed by atoms with Crippen LogP contribution in [0, 0.1) is 5.82 Å². The quantitative estimate of drug-likeness (QED) is 0.566. The molecule has 0 aromatic heterocycles. The van der Waals surface area contributed by atoms with Crippen molar-refractivity contribution in [2.45, 2.75) is 0 Å². The van der Waals surface area contributed by atoms with Crippen molar-refractivity contribution in [1.82, 2.24) is 0 Å². The lowest BCUT2D eigenvalue weighted by atomic mass is 10.0. The molecule has 0 saturated heterocycles. The fraction of sp³-hybridized carbons (Fsp3) is 0.0667. The molecule has 0 radical (unpaired) electrons. The first-order chi connectivity index (χ1) is 8.29. The van der Waals surface area contributed by atoms with E-state index in [2.05, 4.69) is 0 Å². The van der Waals surface area contributed by atoms with E-state index in [0.717, 1.165) is 16.2 Å². The third-order valence-electron chi connectivity index (χ3n) is 3.02. The second kappa shape index (κ2) is 3.74. The van der Waals surface area contributed by atoms with E-state index in [1.165, 1.54) is 0 Å². The van der Waals surface area contributed by atoms with E-state index in [9.17, 15) is 4.39 Å². The van der Waals surface area contributed by atoms with Crippen LogP contribution in [-0.2, 0) is 0 Å². The third-order valence-corrected chi connectivity index (χ3v) is 3.02. The molecule has 17 heavy (non-hydrogen) atoms. The summed E-state index contributed by atoms with van der Waals surface area (Å²) in [5, 5.41) is 3.50. The summed E-state index contributed by atoms with van der Waals surface area (Å²) in [6.45, 7) is 0. The lowest BCUT2D eigenvalue weighted by molar-refractivity contribution is 0.415. The minimum atomic E-state index is -0.211. The summed E-state index contributed by atoms with van der Waals surface area (Å²) in [5.41, 5.74) is 0. The molecule has 2 heteroatoms. The van der Waals surface area contributed by atoms with Crippen LogP contribution in [-0.4, -0.2) is 7.11 Å². The van der Waals surface area contributed by atoms with E-state index in [1.807, 2.05) is 36.4 Å². The Kier molecular flexibility index (Phi) is 2.22. The minimum Gasteiger partial charge on any atom is -0.497 e. The first-order valence-corrected chi connectivity index (χ1v) is 5.44. The van der Waals surface area contributed by atoms with Crippen LogP contribution in [0.4, 0.5) is 4.39 Å². The molecule has 84 valence electrons. The molecule has 3 rings (SSSR count). The Labute approximate surface area is 98.4 Å². The number of halogens is 1. The van der Waals surface area contributed by atoms with Gasteiger partial charge in [-0.3, -0.25) is 0 Å². The predicted octanol–water partition coefficient (Wildman–Crippen LogP) is 4.14. The molecule has 0 amide bonds. The smallest absolute Gasteiger partial charge is 0.131 e. The van der Waals surface area contributed by atoms with Crippen molar-refractivity contribution in [2.75, 3.05) is 7.11 Å². The van der Waals surface area contributed by atoms with Crippen molar-refractivity contribution in [3.8, 4) is 5.75 Å². The van der Waals surface area contributed by atoms with Crippen LogP contribution in [0.25, 0.3) is 21.5 Å². The van der Waals surface area contributed by atoms with Gasteiger partial charge in [0.1, 0.15) is 11.6 Å². The van der Waals surface area contributed by atoms with Crippen LogP contribution in [0.1, 0.15) is 0 Å². The Morgan fingerprint density at radius 1 is 0.882 bits per heavy atom. The average molecular weight is 226 g/mol. The lowest BCUT2D eigenvalue weighted by Crippen LogP contribution is -1.86. The maximum absolute atomic E-state index is 14.0. The lowest BCUT2D eigenvalue weighted by Gasteiger charge is -2.07. The Bertz CT molecular complexity index is 704. The van der Waals surface area contributed by atoms with Crippen LogP contribution < -0.4 is 4.74 Å². The van der Waals surface area contributed by atoms with Crippen molar-refractivity contribution in [3.05, 3.63) is 54.3 Å². The van der Waals surface area contributed by atoms with Gasteiger partial charge in [0.15, 0.2) is 0 Å². The van der Waals surface area contributed by atoms with E-state index in [-0.39, 0.29) is 5.82 Å². The summed E-state index contributed by atoms with van der Waals surface area (Å²) < 4.78 is 19.1. The first kappa shape index (κ1) is 10.1. The molecule has 3 aromatic rings. The second-order valence-electron chi connectivity index (χ2n) is 3.99. The number of hydrogen-bond acceptors (Lipinski definition) is 1. The van der Waals surface area contributed by atoms with Crippen molar-refractivity contribution in [3.63, 3.8) is 0 Å². The highest BCUT2D eigenvalue weighted by Crippen LogP contribution is 2.30. The highest BCUT2D eigenvalue weighted by molar-refractivity contribution is 6.08. The maximum Gasteiger partial charge on any atom is 0.131 e. The Morgan fingerprint density at radius 3 is 2.53 bits per heavy atom. The van der Waals surface area contributed by atoms with Gasteiger partial charge in [-0.1, -0.05) is 24.3 Å². The summed E-state index contributed by atoms with van der Waals surface area (Å²) in [6, 6.07) is 14.9. The Hall–Kier alpha value is -2.09. The maximum atomic E-state index is 14.0. The SMILES string of the molecule is COc1ccc2c(c1)c(F)cc1ccccc12. The van der Waals surface area contributed by atoms with Crippen LogP contribution in [0.3, 0.4) is 0 Å². The fourth-order valence-electron chi connectivity index (χ4n) is 2.17. The second-order valence-corrected chi connectivity index (χ2v) is 3.99. The summed E-state index contributed by atoms with van der Waals surface area (Å²) in [6.07, 6.45) is 0. The molecular formula is C15H11FO. The Morgan fingerprint density at radius 2 is 1.71 bits per heavy atom.